The lowest BCUT2D eigenvalue weighted by atomic mass is 10.2. The SMILES string of the molecule is Cc1c(Cl)cccc1NC(=O)CNC(=O)NCc1ccc(F)cc1. The molecule has 0 unspecified atom stereocenters. The zero-order chi connectivity index (χ0) is 17.5. The molecule has 126 valence electrons. The Kier molecular flexibility index (Phi) is 6.14. The third-order valence-electron chi connectivity index (χ3n) is 3.32. The molecule has 24 heavy (non-hydrogen) atoms. The van der Waals surface area contributed by atoms with Gasteiger partial charge in [0.15, 0.2) is 0 Å². The molecule has 3 amide bonds. The third-order valence-corrected chi connectivity index (χ3v) is 3.73. The summed E-state index contributed by atoms with van der Waals surface area (Å²) in [4.78, 5) is 23.5. The van der Waals surface area contributed by atoms with Crippen molar-refractivity contribution in [2.75, 3.05) is 11.9 Å². The van der Waals surface area contributed by atoms with Gasteiger partial charge in [-0.3, -0.25) is 4.79 Å². The van der Waals surface area contributed by atoms with Crippen LogP contribution in [0.5, 0.6) is 0 Å². The molecule has 0 atom stereocenters. The molecule has 0 saturated heterocycles. The van der Waals surface area contributed by atoms with Gasteiger partial charge in [0.1, 0.15) is 5.82 Å². The highest BCUT2D eigenvalue weighted by Crippen LogP contribution is 2.22. The van der Waals surface area contributed by atoms with Gasteiger partial charge in [-0.05, 0) is 42.3 Å². The van der Waals surface area contributed by atoms with E-state index in [1.54, 1.807) is 37.3 Å². The maximum Gasteiger partial charge on any atom is 0.315 e. The summed E-state index contributed by atoms with van der Waals surface area (Å²) in [6, 6.07) is 10.5. The number of urea groups is 1. The van der Waals surface area contributed by atoms with E-state index in [0.29, 0.717) is 10.7 Å². The fourth-order valence-electron chi connectivity index (χ4n) is 1.94. The normalized spacial score (nSPS) is 10.1. The highest BCUT2D eigenvalue weighted by atomic mass is 35.5. The predicted molar refractivity (Wildman–Crippen MR) is 91.5 cm³/mol. The van der Waals surface area contributed by atoms with E-state index in [2.05, 4.69) is 16.0 Å². The first kappa shape index (κ1) is 17.7. The number of hydrogen-bond acceptors (Lipinski definition) is 2. The molecule has 5 nitrogen and oxygen atoms in total. The minimum atomic E-state index is -0.489. The van der Waals surface area contributed by atoms with E-state index in [0.717, 1.165) is 11.1 Å². The van der Waals surface area contributed by atoms with Gasteiger partial charge in [-0.15, -0.1) is 0 Å². The van der Waals surface area contributed by atoms with Crippen molar-refractivity contribution in [2.45, 2.75) is 13.5 Å². The lowest BCUT2D eigenvalue weighted by Gasteiger charge is -2.11. The van der Waals surface area contributed by atoms with Crippen molar-refractivity contribution in [3.05, 3.63) is 64.4 Å². The minimum absolute atomic E-state index is 0.179. The van der Waals surface area contributed by atoms with Gasteiger partial charge in [0.05, 0.1) is 6.54 Å². The van der Waals surface area contributed by atoms with E-state index in [-0.39, 0.29) is 24.8 Å². The summed E-state index contributed by atoms with van der Waals surface area (Å²) < 4.78 is 12.8. The molecule has 2 aromatic carbocycles. The summed E-state index contributed by atoms with van der Waals surface area (Å²) in [5.41, 5.74) is 2.11. The van der Waals surface area contributed by atoms with Gasteiger partial charge in [0.25, 0.3) is 0 Å². The van der Waals surface area contributed by atoms with Crippen LogP contribution in [-0.4, -0.2) is 18.5 Å². The van der Waals surface area contributed by atoms with E-state index >= 15 is 0 Å². The van der Waals surface area contributed by atoms with Crippen LogP contribution in [0.2, 0.25) is 5.02 Å². The summed E-state index contributed by atoms with van der Waals surface area (Å²) >= 11 is 5.98. The van der Waals surface area contributed by atoms with Crippen LogP contribution in [0.15, 0.2) is 42.5 Å². The highest BCUT2D eigenvalue weighted by molar-refractivity contribution is 6.31. The standard InChI is InChI=1S/C17H17ClFN3O2/c1-11-14(18)3-2-4-15(11)22-16(23)10-21-17(24)20-9-12-5-7-13(19)8-6-12/h2-8H,9-10H2,1H3,(H,22,23)(H2,20,21,24). The van der Waals surface area contributed by atoms with E-state index in [9.17, 15) is 14.0 Å². The largest absolute Gasteiger partial charge is 0.334 e. The molecule has 0 saturated carbocycles. The molecule has 0 aliphatic heterocycles. The molecule has 2 rings (SSSR count). The number of anilines is 1. The quantitative estimate of drug-likeness (QED) is 0.775. The van der Waals surface area contributed by atoms with E-state index in [1.807, 2.05) is 0 Å². The second-order valence-electron chi connectivity index (χ2n) is 5.12. The second kappa shape index (κ2) is 8.31. The van der Waals surface area contributed by atoms with Gasteiger partial charge in [0.2, 0.25) is 5.91 Å². The highest BCUT2D eigenvalue weighted by Gasteiger charge is 2.08. The fraction of sp³-hybridized carbons (Fsp3) is 0.176. The van der Waals surface area contributed by atoms with Crippen molar-refractivity contribution in [3.8, 4) is 0 Å². The molecule has 0 spiro atoms. The Morgan fingerprint density at radius 1 is 1.08 bits per heavy atom. The fourth-order valence-corrected chi connectivity index (χ4v) is 2.12. The Morgan fingerprint density at radius 3 is 2.50 bits per heavy atom. The molecule has 0 radical (unpaired) electrons. The van der Waals surface area contributed by atoms with Gasteiger partial charge in [-0.2, -0.15) is 0 Å². The molecular formula is C17H17ClFN3O2. The molecule has 0 aliphatic rings. The van der Waals surface area contributed by atoms with Crippen molar-refractivity contribution in [1.29, 1.82) is 0 Å². The summed E-state index contributed by atoms with van der Waals surface area (Å²) in [6.45, 7) is 1.85. The average molecular weight is 350 g/mol. The van der Waals surface area contributed by atoms with Gasteiger partial charge in [0, 0.05) is 17.3 Å². The molecule has 0 aromatic heterocycles. The molecule has 3 N–H and O–H groups in total. The summed E-state index contributed by atoms with van der Waals surface area (Å²) in [6.07, 6.45) is 0. The molecule has 0 heterocycles. The van der Waals surface area contributed by atoms with Gasteiger partial charge in [-0.25, -0.2) is 9.18 Å². The van der Waals surface area contributed by atoms with Crippen LogP contribution in [0.1, 0.15) is 11.1 Å². The van der Waals surface area contributed by atoms with Crippen LogP contribution in [-0.2, 0) is 11.3 Å². The van der Waals surface area contributed by atoms with Crippen molar-refractivity contribution < 1.29 is 14.0 Å². The first-order valence-electron chi connectivity index (χ1n) is 7.27. The van der Waals surface area contributed by atoms with E-state index in [1.165, 1.54) is 12.1 Å². The second-order valence-corrected chi connectivity index (χ2v) is 5.53. The van der Waals surface area contributed by atoms with Gasteiger partial charge in [-0.1, -0.05) is 29.8 Å². The molecular weight excluding hydrogens is 333 g/mol. The third kappa shape index (κ3) is 5.24. The Labute approximate surface area is 144 Å². The Balaban J connectivity index is 1.75. The number of halogens is 2. The van der Waals surface area contributed by atoms with Crippen LogP contribution in [0.4, 0.5) is 14.9 Å². The maximum absolute atomic E-state index is 12.8. The summed E-state index contributed by atoms with van der Waals surface area (Å²) in [7, 11) is 0. The Morgan fingerprint density at radius 2 is 1.79 bits per heavy atom. The number of carbonyl (C=O) groups is 2. The van der Waals surface area contributed by atoms with Gasteiger partial charge >= 0.3 is 6.03 Å². The van der Waals surface area contributed by atoms with Crippen molar-refractivity contribution in [3.63, 3.8) is 0 Å². The van der Waals surface area contributed by atoms with E-state index < -0.39 is 6.03 Å². The minimum Gasteiger partial charge on any atom is -0.334 e. The maximum atomic E-state index is 12.8. The number of hydrogen-bond donors (Lipinski definition) is 3. The number of carbonyl (C=O) groups excluding carboxylic acids is 2. The summed E-state index contributed by atoms with van der Waals surface area (Å²) in [5.74, 6) is -0.700. The lowest BCUT2D eigenvalue weighted by Crippen LogP contribution is -2.39. The average Bonchev–Trinajstić information content (AvgIpc) is 2.56. The first-order chi connectivity index (χ1) is 11.5. The van der Waals surface area contributed by atoms with Crippen LogP contribution >= 0.6 is 11.6 Å². The molecule has 0 fully saturated rings. The van der Waals surface area contributed by atoms with Gasteiger partial charge < -0.3 is 16.0 Å². The van der Waals surface area contributed by atoms with Crippen molar-refractivity contribution in [2.24, 2.45) is 0 Å². The predicted octanol–water partition coefficient (Wildman–Crippen LogP) is 3.23. The summed E-state index contributed by atoms with van der Waals surface area (Å²) in [5, 5.41) is 8.27. The monoisotopic (exact) mass is 349 g/mol. The smallest absolute Gasteiger partial charge is 0.315 e. The van der Waals surface area contributed by atoms with Crippen molar-refractivity contribution in [1.82, 2.24) is 10.6 Å². The number of rotatable bonds is 5. The van der Waals surface area contributed by atoms with Crippen LogP contribution in [0.25, 0.3) is 0 Å². The zero-order valence-electron chi connectivity index (χ0n) is 13.0. The molecule has 0 bridgehead atoms. The first-order valence-corrected chi connectivity index (χ1v) is 7.64. The van der Waals surface area contributed by atoms with Crippen LogP contribution in [0, 0.1) is 12.7 Å². The number of nitrogens with one attached hydrogen (secondary N) is 3. The number of amides is 3. The lowest BCUT2D eigenvalue weighted by molar-refractivity contribution is -0.115. The van der Waals surface area contributed by atoms with Crippen molar-refractivity contribution >= 4 is 29.2 Å². The van der Waals surface area contributed by atoms with Crippen LogP contribution in [0.3, 0.4) is 0 Å². The molecule has 2 aromatic rings. The number of benzene rings is 2. The Bertz CT molecular complexity index is 735. The van der Waals surface area contributed by atoms with E-state index in [4.69, 9.17) is 11.6 Å². The molecule has 0 aliphatic carbocycles. The molecule has 7 heteroatoms. The van der Waals surface area contributed by atoms with Crippen LogP contribution < -0.4 is 16.0 Å². The topological polar surface area (TPSA) is 70.2 Å². The zero-order valence-corrected chi connectivity index (χ0v) is 13.8. The Hall–Kier alpha value is -2.60.